The molecule has 0 aliphatic heterocycles. The van der Waals surface area contributed by atoms with Crippen LogP contribution in [0, 0.1) is 0 Å². The highest BCUT2D eigenvalue weighted by atomic mass is 19.4. The zero-order chi connectivity index (χ0) is 10.2. The van der Waals surface area contributed by atoms with Gasteiger partial charge in [-0.1, -0.05) is 5.21 Å². The first-order valence-electron chi connectivity index (χ1n) is 3.32. The van der Waals surface area contributed by atoms with Crippen molar-refractivity contribution in [2.75, 3.05) is 0 Å². The lowest BCUT2D eigenvalue weighted by molar-refractivity contribution is -0.144. The molecule has 0 unspecified atom stereocenters. The second-order valence-electron chi connectivity index (χ2n) is 2.46. The maximum atomic E-state index is 12.2. The molecule has 1 aromatic rings. The minimum Gasteiger partial charge on any atom is -0.293 e. The van der Waals surface area contributed by atoms with Gasteiger partial charge in [0, 0.05) is 14.0 Å². The molecule has 0 N–H and O–H groups in total. The molecule has 0 saturated heterocycles. The fourth-order valence-electron chi connectivity index (χ4n) is 0.912. The summed E-state index contributed by atoms with van der Waals surface area (Å²) in [6, 6.07) is 0. The number of ketones is 1. The molecule has 0 fully saturated rings. The van der Waals surface area contributed by atoms with Crippen molar-refractivity contribution in [2.24, 2.45) is 7.05 Å². The van der Waals surface area contributed by atoms with Crippen molar-refractivity contribution in [3.63, 3.8) is 0 Å². The van der Waals surface area contributed by atoms with E-state index >= 15 is 0 Å². The molecule has 0 atom stereocenters. The van der Waals surface area contributed by atoms with Crippen LogP contribution in [-0.4, -0.2) is 20.8 Å². The molecule has 0 bridgehead atoms. The van der Waals surface area contributed by atoms with Gasteiger partial charge in [-0.3, -0.25) is 4.79 Å². The third-order valence-electron chi connectivity index (χ3n) is 1.43. The normalized spacial score (nSPS) is 11.8. The predicted octanol–water partition coefficient (Wildman–Crippen LogP) is 1.04. The molecular weight excluding hydrogens is 187 g/mol. The van der Waals surface area contributed by atoms with E-state index in [4.69, 9.17) is 0 Å². The van der Waals surface area contributed by atoms with Gasteiger partial charge in [-0.2, -0.15) is 13.2 Å². The summed E-state index contributed by atoms with van der Waals surface area (Å²) in [5.74, 6) is -0.750. The van der Waals surface area contributed by atoms with E-state index in [1.807, 2.05) is 0 Å². The second kappa shape index (κ2) is 2.82. The van der Waals surface area contributed by atoms with Crippen LogP contribution in [0.2, 0.25) is 0 Å². The summed E-state index contributed by atoms with van der Waals surface area (Å²) in [5.41, 5.74) is -1.75. The number of carbonyl (C=O) groups is 1. The van der Waals surface area contributed by atoms with Crippen molar-refractivity contribution in [1.82, 2.24) is 15.0 Å². The highest BCUT2D eigenvalue weighted by Crippen LogP contribution is 2.30. The van der Waals surface area contributed by atoms with Crippen LogP contribution in [0.3, 0.4) is 0 Å². The fraction of sp³-hybridized carbons (Fsp3) is 0.500. The van der Waals surface area contributed by atoms with Crippen LogP contribution in [0.25, 0.3) is 0 Å². The minimum absolute atomic E-state index is 0.538. The first-order chi connectivity index (χ1) is 5.84. The van der Waals surface area contributed by atoms with E-state index in [0.29, 0.717) is 4.68 Å². The molecule has 1 heterocycles. The summed E-state index contributed by atoms with van der Waals surface area (Å²) in [7, 11) is 1.09. The number of nitrogens with zero attached hydrogens (tertiary/aromatic N) is 3. The quantitative estimate of drug-likeness (QED) is 0.626. The summed E-state index contributed by atoms with van der Waals surface area (Å²) >= 11 is 0. The lowest BCUT2D eigenvalue weighted by atomic mass is 10.2. The Morgan fingerprint density at radius 3 is 2.31 bits per heavy atom. The molecular formula is C6H6F3N3O. The number of aryl methyl sites for hydroxylation is 1. The third kappa shape index (κ3) is 1.68. The number of hydrogen-bond donors (Lipinski definition) is 0. The van der Waals surface area contributed by atoms with Crippen molar-refractivity contribution < 1.29 is 18.0 Å². The monoisotopic (exact) mass is 193 g/mol. The van der Waals surface area contributed by atoms with Gasteiger partial charge in [0.05, 0.1) is 0 Å². The summed E-state index contributed by atoms with van der Waals surface area (Å²) in [5, 5.41) is 6.26. The van der Waals surface area contributed by atoms with Crippen LogP contribution < -0.4 is 0 Å². The second-order valence-corrected chi connectivity index (χ2v) is 2.46. The number of halogens is 3. The van der Waals surface area contributed by atoms with Crippen LogP contribution >= 0.6 is 0 Å². The predicted molar refractivity (Wildman–Crippen MR) is 36.0 cm³/mol. The van der Waals surface area contributed by atoms with Gasteiger partial charge in [0.2, 0.25) is 0 Å². The van der Waals surface area contributed by atoms with Crippen LogP contribution in [0.4, 0.5) is 13.2 Å². The van der Waals surface area contributed by atoms with E-state index in [-0.39, 0.29) is 0 Å². The third-order valence-corrected chi connectivity index (χ3v) is 1.43. The Morgan fingerprint density at radius 2 is 2.00 bits per heavy atom. The SMILES string of the molecule is CC(=O)c1nnn(C)c1C(F)(F)F. The molecule has 0 saturated carbocycles. The molecule has 0 aliphatic rings. The Morgan fingerprint density at radius 1 is 1.46 bits per heavy atom. The summed E-state index contributed by atoms with van der Waals surface area (Å²) < 4.78 is 37.3. The number of carbonyl (C=O) groups excluding carboxylic acids is 1. The number of hydrogen-bond acceptors (Lipinski definition) is 3. The summed E-state index contributed by atoms with van der Waals surface area (Å²) in [6.45, 7) is 1.01. The van der Waals surface area contributed by atoms with Gasteiger partial charge in [0.15, 0.2) is 17.2 Å². The number of aromatic nitrogens is 3. The zero-order valence-corrected chi connectivity index (χ0v) is 6.88. The van der Waals surface area contributed by atoms with Crippen LogP contribution in [0.15, 0.2) is 0 Å². The van der Waals surface area contributed by atoms with Crippen molar-refractivity contribution >= 4 is 5.78 Å². The molecule has 0 aliphatic carbocycles. The Kier molecular flexibility index (Phi) is 2.10. The van der Waals surface area contributed by atoms with Gasteiger partial charge >= 0.3 is 6.18 Å². The van der Waals surface area contributed by atoms with Gasteiger partial charge in [0.25, 0.3) is 0 Å². The van der Waals surface area contributed by atoms with E-state index in [2.05, 4.69) is 10.3 Å². The Hall–Kier alpha value is -1.40. The van der Waals surface area contributed by atoms with E-state index in [9.17, 15) is 18.0 Å². The lowest BCUT2D eigenvalue weighted by Crippen LogP contribution is -2.15. The first-order valence-corrected chi connectivity index (χ1v) is 3.32. The molecule has 0 aromatic carbocycles. The molecule has 13 heavy (non-hydrogen) atoms. The van der Waals surface area contributed by atoms with Gasteiger partial charge in [-0.15, -0.1) is 5.10 Å². The summed E-state index contributed by atoms with van der Waals surface area (Å²) in [6.07, 6.45) is -4.60. The highest BCUT2D eigenvalue weighted by molar-refractivity contribution is 5.93. The molecule has 4 nitrogen and oxygen atoms in total. The van der Waals surface area contributed by atoms with Crippen molar-refractivity contribution in [3.05, 3.63) is 11.4 Å². The molecule has 0 radical (unpaired) electrons. The highest BCUT2D eigenvalue weighted by Gasteiger charge is 2.39. The van der Waals surface area contributed by atoms with E-state index < -0.39 is 23.3 Å². The largest absolute Gasteiger partial charge is 0.435 e. The van der Waals surface area contributed by atoms with E-state index in [0.717, 1.165) is 14.0 Å². The molecule has 0 amide bonds. The Bertz CT molecular complexity index is 341. The van der Waals surface area contributed by atoms with Crippen LogP contribution in [0.5, 0.6) is 0 Å². The maximum absolute atomic E-state index is 12.2. The minimum atomic E-state index is -4.60. The van der Waals surface area contributed by atoms with Gasteiger partial charge in [-0.05, 0) is 0 Å². The molecule has 7 heteroatoms. The molecule has 1 aromatic heterocycles. The summed E-state index contributed by atoms with van der Waals surface area (Å²) in [4.78, 5) is 10.7. The van der Waals surface area contributed by atoms with E-state index in [1.165, 1.54) is 0 Å². The van der Waals surface area contributed by atoms with Crippen LogP contribution in [-0.2, 0) is 13.2 Å². The standard InChI is InChI=1S/C6H6F3N3O/c1-3(13)4-5(6(7,8)9)12(2)11-10-4/h1-2H3. The lowest BCUT2D eigenvalue weighted by Gasteiger charge is -2.05. The zero-order valence-electron chi connectivity index (χ0n) is 6.88. The smallest absolute Gasteiger partial charge is 0.293 e. The number of Topliss-reactive ketones (excluding diaryl/α,β-unsaturated/α-hetero) is 1. The van der Waals surface area contributed by atoms with Crippen molar-refractivity contribution in [1.29, 1.82) is 0 Å². The van der Waals surface area contributed by atoms with Gasteiger partial charge in [-0.25, -0.2) is 4.68 Å². The Balaban J connectivity index is 3.33. The van der Waals surface area contributed by atoms with Crippen molar-refractivity contribution in [2.45, 2.75) is 13.1 Å². The van der Waals surface area contributed by atoms with Gasteiger partial charge in [0.1, 0.15) is 0 Å². The topological polar surface area (TPSA) is 47.8 Å². The molecule has 1 rings (SSSR count). The number of rotatable bonds is 1. The average molecular weight is 193 g/mol. The average Bonchev–Trinajstić information content (AvgIpc) is 2.28. The molecule has 0 spiro atoms. The first kappa shape index (κ1) is 9.69. The van der Waals surface area contributed by atoms with Gasteiger partial charge < -0.3 is 0 Å². The number of alkyl halides is 3. The molecule has 72 valence electrons. The van der Waals surface area contributed by atoms with E-state index in [1.54, 1.807) is 0 Å². The Labute approximate surface area is 71.3 Å². The van der Waals surface area contributed by atoms with Crippen molar-refractivity contribution in [3.8, 4) is 0 Å². The fourth-order valence-corrected chi connectivity index (χ4v) is 0.912. The van der Waals surface area contributed by atoms with Crippen LogP contribution in [0.1, 0.15) is 23.1 Å². The maximum Gasteiger partial charge on any atom is 0.435 e.